The van der Waals surface area contributed by atoms with Crippen LogP contribution in [-0.2, 0) is 16.0 Å². The summed E-state index contributed by atoms with van der Waals surface area (Å²) in [5, 5.41) is 5.75. The lowest BCUT2D eigenvalue weighted by Gasteiger charge is -2.17. The third kappa shape index (κ3) is 3.77. The van der Waals surface area contributed by atoms with Crippen molar-refractivity contribution >= 4 is 5.95 Å². The van der Waals surface area contributed by atoms with Crippen molar-refractivity contribution in [3.63, 3.8) is 0 Å². The first-order valence-corrected chi connectivity index (χ1v) is 10.9. The summed E-state index contributed by atoms with van der Waals surface area (Å²) in [6.45, 7) is 2.42. The maximum atomic E-state index is 6.12. The fourth-order valence-electron chi connectivity index (χ4n) is 4.57. The molecule has 0 aliphatic carbocycles. The van der Waals surface area contributed by atoms with Crippen molar-refractivity contribution in [3.8, 4) is 22.8 Å². The lowest BCUT2D eigenvalue weighted by molar-refractivity contribution is -0.707. The first-order valence-electron chi connectivity index (χ1n) is 10.9. The van der Waals surface area contributed by atoms with E-state index in [2.05, 4.69) is 39.9 Å². The second-order valence-corrected chi connectivity index (χ2v) is 8.27. The van der Waals surface area contributed by atoms with Gasteiger partial charge in [0.1, 0.15) is 31.4 Å². The minimum atomic E-state index is -0.00942. The molecule has 0 radical (unpaired) electrons. The molecule has 0 saturated carbocycles. The van der Waals surface area contributed by atoms with Crippen LogP contribution in [0.15, 0.2) is 60.8 Å². The van der Waals surface area contributed by atoms with Crippen molar-refractivity contribution in [2.45, 2.75) is 30.8 Å². The van der Waals surface area contributed by atoms with Gasteiger partial charge in [0, 0.05) is 17.3 Å². The van der Waals surface area contributed by atoms with E-state index in [0.29, 0.717) is 19.2 Å². The molecular formula is C24H25N4O4+. The quantitative estimate of drug-likeness (QED) is 0.610. The third-order valence-corrected chi connectivity index (χ3v) is 6.23. The van der Waals surface area contributed by atoms with Crippen LogP contribution in [0.4, 0.5) is 5.95 Å². The number of quaternary nitrogens is 1. The van der Waals surface area contributed by atoms with Crippen LogP contribution < -0.4 is 20.1 Å². The van der Waals surface area contributed by atoms with E-state index in [9.17, 15) is 0 Å². The summed E-state index contributed by atoms with van der Waals surface area (Å²) in [5.74, 6) is 2.06. The van der Waals surface area contributed by atoms with Gasteiger partial charge in [0.25, 0.3) is 0 Å². The minimum Gasteiger partial charge on any atom is -0.454 e. The Morgan fingerprint density at radius 2 is 1.81 bits per heavy atom. The van der Waals surface area contributed by atoms with Crippen LogP contribution in [-0.4, -0.2) is 54.3 Å². The van der Waals surface area contributed by atoms with Gasteiger partial charge < -0.3 is 29.6 Å². The van der Waals surface area contributed by atoms with E-state index in [1.54, 1.807) is 6.20 Å². The molecule has 0 bridgehead atoms. The highest BCUT2D eigenvalue weighted by atomic mass is 16.7. The van der Waals surface area contributed by atoms with Crippen molar-refractivity contribution in [2.24, 2.45) is 0 Å². The van der Waals surface area contributed by atoms with Crippen LogP contribution in [0.3, 0.4) is 0 Å². The molecule has 2 saturated heterocycles. The summed E-state index contributed by atoms with van der Waals surface area (Å²) in [6, 6.07) is 18.5. The largest absolute Gasteiger partial charge is 0.454 e. The molecule has 0 amide bonds. The Labute approximate surface area is 185 Å². The molecule has 4 atom stereocenters. The highest BCUT2D eigenvalue weighted by Gasteiger charge is 2.49. The van der Waals surface area contributed by atoms with Gasteiger partial charge in [-0.2, -0.15) is 0 Å². The zero-order valence-corrected chi connectivity index (χ0v) is 17.5. The fourth-order valence-corrected chi connectivity index (χ4v) is 4.57. The molecule has 1 aromatic heterocycles. The Morgan fingerprint density at radius 1 is 0.938 bits per heavy atom. The van der Waals surface area contributed by atoms with Crippen LogP contribution in [0, 0.1) is 0 Å². The van der Waals surface area contributed by atoms with Crippen molar-refractivity contribution in [1.29, 1.82) is 0 Å². The van der Waals surface area contributed by atoms with Crippen molar-refractivity contribution < 1.29 is 24.3 Å². The van der Waals surface area contributed by atoms with E-state index in [4.69, 9.17) is 23.9 Å². The average molecular weight is 433 g/mol. The zero-order valence-electron chi connectivity index (χ0n) is 17.5. The number of hydrogen-bond donors (Lipinski definition) is 2. The van der Waals surface area contributed by atoms with Crippen molar-refractivity contribution in [2.75, 3.05) is 25.3 Å². The van der Waals surface area contributed by atoms with E-state index in [0.717, 1.165) is 29.3 Å². The molecule has 6 rings (SSSR count). The predicted molar refractivity (Wildman–Crippen MR) is 116 cm³/mol. The maximum absolute atomic E-state index is 6.12. The molecule has 2 aromatic carbocycles. The summed E-state index contributed by atoms with van der Waals surface area (Å²) >= 11 is 0. The number of hydrogen-bond acceptors (Lipinski definition) is 7. The number of nitrogens with two attached hydrogens (primary N) is 1. The van der Waals surface area contributed by atoms with E-state index in [-0.39, 0.29) is 31.1 Å². The van der Waals surface area contributed by atoms with Gasteiger partial charge in [-0.1, -0.05) is 30.3 Å². The van der Waals surface area contributed by atoms with Gasteiger partial charge in [-0.15, -0.1) is 0 Å². The number of benzene rings is 2. The molecule has 3 aliphatic rings. The SMILES string of the molecule is c1ccc(C[NH2+][C@H]2CO[C@H]3[C@@H]2OC[C@@H]3Nc2nccc(-c3ccc4c(c3)OCO4)n2)cc1. The summed E-state index contributed by atoms with van der Waals surface area (Å²) in [4.78, 5) is 9.12. The van der Waals surface area contributed by atoms with Crippen molar-refractivity contribution in [1.82, 2.24) is 9.97 Å². The third-order valence-electron chi connectivity index (χ3n) is 6.23. The fraction of sp³-hybridized carbons (Fsp3) is 0.333. The molecule has 164 valence electrons. The number of aromatic nitrogens is 2. The van der Waals surface area contributed by atoms with Gasteiger partial charge in [0.15, 0.2) is 11.5 Å². The smallest absolute Gasteiger partial charge is 0.231 e. The molecule has 0 unspecified atom stereocenters. The topological polar surface area (TPSA) is 91.3 Å². The van der Waals surface area contributed by atoms with Crippen molar-refractivity contribution in [3.05, 3.63) is 66.4 Å². The van der Waals surface area contributed by atoms with E-state index in [1.165, 1.54) is 5.56 Å². The molecule has 32 heavy (non-hydrogen) atoms. The van der Waals surface area contributed by atoms with E-state index < -0.39 is 0 Å². The van der Waals surface area contributed by atoms with Gasteiger partial charge in [-0.25, -0.2) is 9.97 Å². The van der Waals surface area contributed by atoms with E-state index in [1.807, 2.05) is 30.3 Å². The Morgan fingerprint density at radius 3 is 2.75 bits per heavy atom. The molecule has 3 aliphatic heterocycles. The lowest BCUT2D eigenvalue weighted by atomic mass is 10.1. The average Bonchev–Trinajstić information content (AvgIpc) is 3.56. The standard InChI is InChI=1S/C24H24N4O4/c1-2-4-15(5-3-1)11-26-18-12-29-23-19(13-30-22(18)23)28-24-25-9-8-17(27-24)16-6-7-20-21(10-16)32-14-31-20/h1-10,18-19,22-23,26H,11-14H2,(H,25,27,28)/p+1/t18-,19-,22+,23+/m0/s1. The number of anilines is 1. The van der Waals surface area contributed by atoms with E-state index >= 15 is 0 Å². The van der Waals surface area contributed by atoms with Gasteiger partial charge >= 0.3 is 0 Å². The Bertz CT molecular complexity index is 1100. The highest BCUT2D eigenvalue weighted by Crippen LogP contribution is 2.35. The number of nitrogens with zero attached hydrogens (tertiary/aromatic N) is 2. The van der Waals surface area contributed by atoms with Gasteiger partial charge in [0.05, 0.1) is 18.3 Å². The Balaban J connectivity index is 1.11. The molecule has 4 heterocycles. The summed E-state index contributed by atoms with van der Waals surface area (Å²) in [7, 11) is 0. The lowest BCUT2D eigenvalue weighted by Crippen LogP contribution is -2.91. The second-order valence-electron chi connectivity index (χ2n) is 8.27. The van der Waals surface area contributed by atoms with Crippen LogP contribution in [0.5, 0.6) is 11.5 Å². The van der Waals surface area contributed by atoms with Crippen LogP contribution in [0.2, 0.25) is 0 Å². The summed E-state index contributed by atoms with van der Waals surface area (Å²) in [5.41, 5.74) is 3.07. The molecule has 8 heteroatoms. The molecule has 3 N–H and O–H groups in total. The number of nitrogens with one attached hydrogen (secondary N) is 1. The van der Waals surface area contributed by atoms with Crippen LogP contribution in [0.1, 0.15) is 5.56 Å². The maximum Gasteiger partial charge on any atom is 0.231 e. The summed E-state index contributed by atoms with van der Waals surface area (Å²) in [6.07, 6.45) is 1.81. The number of rotatable bonds is 6. The molecule has 8 nitrogen and oxygen atoms in total. The second kappa shape index (κ2) is 8.38. The molecule has 2 fully saturated rings. The normalized spacial score (nSPS) is 25.6. The number of ether oxygens (including phenoxy) is 4. The summed E-state index contributed by atoms with van der Waals surface area (Å²) < 4.78 is 23.1. The molecule has 3 aromatic rings. The zero-order chi connectivity index (χ0) is 21.3. The van der Waals surface area contributed by atoms with Crippen LogP contribution >= 0.6 is 0 Å². The number of fused-ring (bicyclic) bond motifs is 2. The molecule has 0 spiro atoms. The van der Waals surface area contributed by atoms with Gasteiger partial charge in [-0.3, -0.25) is 0 Å². The Hall–Kier alpha value is -3.20. The minimum absolute atomic E-state index is 0.00942. The Kier molecular flexibility index (Phi) is 5.10. The predicted octanol–water partition coefficient (Wildman–Crippen LogP) is 1.58. The van der Waals surface area contributed by atoms with Gasteiger partial charge in [0.2, 0.25) is 12.7 Å². The van der Waals surface area contributed by atoms with Gasteiger partial charge in [-0.05, 0) is 24.3 Å². The molecular weight excluding hydrogens is 408 g/mol. The van der Waals surface area contributed by atoms with Crippen LogP contribution in [0.25, 0.3) is 11.3 Å². The first-order chi connectivity index (χ1) is 15.8. The monoisotopic (exact) mass is 433 g/mol. The highest BCUT2D eigenvalue weighted by molar-refractivity contribution is 5.65. The first kappa shape index (κ1) is 19.5.